The molecule has 2 heteroatoms. The molecule has 0 bridgehead atoms. The predicted molar refractivity (Wildman–Crippen MR) is 38.1 cm³/mol. The third-order valence-corrected chi connectivity index (χ3v) is 1.08. The molecule has 0 aromatic carbocycles. The molecule has 0 N–H and O–H groups in total. The van der Waals surface area contributed by atoms with Crippen LogP contribution in [0.15, 0.2) is 37.1 Å². The van der Waals surface area contributed by atoms with Gasteiger partial charge in [-0.15, -0.1) is 6.58 Å². The van der Waals surface area contributed by atoms with Crippen molar-refractivity contribution in [2.24, 2.45) is 0 Å². The van der Waals surface area contributed by atoms with Crippen LogP contribution in [-0.2, 0) is 25.9 Å². The number of hydrogen-bond donors (Lipinski definition) is 0. The first-order valence-electron chi connectivity index (χ1n) is 2.94. The Morgan fingerprint density at radius 2 is 2.30 bits per heavy atom. The van der Waals surface area contributed by atoms with Crippen molar-refractivity contribution in [1.82, 2.24) is 4.98 Å². The molecule has 54 valence electrons. The van der Waals surface area contributed by atoms with E-state index in [-0.39, 0.29) is 19.5 Å². The largest absolute Gasteiger partial charge is 0.261 e. The minimum atomic E-state index is 0. The number of allylic oxidation sites excluding steroid dienone is 1. The molecule has 1 aromatic rings. The van der Waals surface area contributed by atoms with E-state index in [4.69, 9.17) is 0 Å². The summed E-state index contributed by atoms with van der Waals surface area (Å²) in [5.74, 6) is 0. The van der Waals surface area contributed by atoms with Crippen LogP contribution in [0.1, 0.15) is 5.69 Å². The second kappa shape index (κ2) is 5.31. The number of pyridine rings is 1. The molecule has 0 saturated heterocycles. The van der Waals surface area contributed by atoms with Crippen LogP contribution < -0.4 is 0 Å². The van der Waals surface area contributed by atoms with E-state index in [9.17, 15) is 0 Å². The normalized spacial score (nSPS) is 8.00. The van der Waals surface area contributed by atoms with Gasteiger partial charge in [0.1, 0.15) is 0 Å². The van der Waals surface area contributed by atoms with Crippen molar-refractivity contribution in [1.29, 1.82) is 0 Å². The van der Waals surface area contributed by atoms with E-state index in [0.29, 0.717) is 0 Å². The smallest absolute Gasteiger partial charge is 0.0441 e. The molecule has 0 unspecified atom stereocenters. The van der Waals surface area contributed by atoms with Crippen molar-refractivity contribution in [3.05, 3.63) is 42.7 Å². The van der Waals surface area contributed by atoms with Crippen molar-refractivity contribution >= 4 is 0 Å². The molecule has 0 aliphatic carbocycles. The molecule has 1 heterocycles. The Hall–Kier alpha value is -0.487. The summed E-state index contributed by atoms with van der Waals surface area (Å²) in [5.41, 5.74) is 1.08. The molecule has 1 rings (SSSR count). The predicted octanol–water partition coefficient (Wildman–Crippen LogP) is 1.81. The topological polar surface area (TPSA) is 12.9 Å². The summed E-state index contributed by atoms with van der Waals surface area (Å²) in [6.45, 7) is 3.62. The average molecular weight is 220 g/mol. The molecule has 0 aliphatic heterocycles. The van der Waals surface area contributed by atoms with E-state index >= 15 is 0 Å². The number of nitrogens with zero attached hydrogens (tertiary/aromatic N) is 1. The van der Waals surface area contributed by atoms with Crippen molar-refractivity contribution in [3.8, 4) is 0 Å². The molecule has 0 amide bonds. The van der Waals surface area contributed by atoms with Crippen LogP contribution in [0.4, 0.5) is 0 Å². The standard InChI is InChI=1S/C8H9N.Ru/c1-2-5-8-6-3-4-7-9-8;/h2-4,6-7H,1,5H2;. The first-order chi connectivity index (χ1) is 4.43. The monoisotopic (exact) mass is 221 g/mol. The van der Waals surface area contributed by atoms with Gasteiger partial charge in [0, 0.05) is 37.8 Å². The fraction of sp³-hybridized carbons (Fsp3) is 0.125. The van der Waals surface area contributed by atoms with Gasteiger partial charge in [0.2, 0.25) is 0 Å². The van der Waals surface area contributed by atoms with E-state index in [1.165, 1.54) is 0 Å². The second-order valence-corrected chi connectivity index (χ2v) is 1.81. The van der Waals surface area contributed by atoms with E-state index in [2.05, 4.69) is 11.6 Å². The Morgan fingerprint density at radius 3 is 2.80 bits per heavy atom. The van der Waals surface area contributed by atoms with Crippen molar-refractivity contribution in [2.75, 3.05) is 0 Å². The van der Waals surface area contributed by atoms with Gasteiger partial charge < -0.3 is 0 Å². The van der Waals surface area contributed by atoms with Crippen molar-refractivity contribution < 1.29 is 19.5 Å². The molecular formula is C8H9NRu. The first kappa shape index (κ1) is 9.51. The minimum Gasteiger partial charge on any atom is -0.261 e. The fourth-order valence-corrected chi connectivity index (χ4v) is 0.667. The van der Waals surface area contributed by atoms with Gasteiger partial charge in [-0.05, 0) is 12.1 Å². The Kier molecular flexibility index (Phi) is 5.05. The zero-order valence-corrected chi connectivity index (χ0v) is 7.34. The van der Waals surface area contributed by atoms with Gasteiger partial charge in [-0.3, -0.25) is 4.98 Å². The summed E-state index contributed by atoms with van der Waals surface area (Å²) in [6.07, 6.45) is 4.50. The van der Waals surface area contributed by atoms with E-state index < -0.39 is 0 Å². The maximum absolute atomic E-state index is 4.10. The summed E-state index contributed by atoms with van der Waals surface area (Å²) in [4.78, 5) is 4.10. The van der Waals surface area contributed by atoms with Crippen LogP contribution in [0.2, 0.25) is 0 Å². The summed E-state index contributed by atoms with van der Waals surface area (Å²) < 4.78 is 0. The Morgan fingerprint density at radius 1 is 1.50 bits per heavy atom. The number of rotatable bonds is 2. The molecule has 1 nitrogen and oxygen atoms in total. The van der Waals surface area contributed by atoms with Gasteiger partial charge in [0.15, 0.2) is 0 Å². The summed E-state index contributed by atoms with van der Waals surface area (Å²) in [6, 6.07) is 5.88. The van der Waals surface area contributed by atoms with E-state index in [1.807, 2.05) is 24.3 Å². The second-order valence-electron chi connectivity index (χ2n) is 1.81. The molecule has 0 fully saturated rings. The molecule has 0 spiro atoms. The zero-order valence-electron chi connectivity index (χ0n) is 5.60. The fourth-order valence-electron chi connectivity index (χ4n) is 0.667. The SMILES string of the molecule is C=CCc1ccccn1.[Ru]. The quantitative estimate of drug-likeness (QED) is 0.547. The van der Waals surface area contributed by atoms with Crippen molar-refractivity contribution in [2.45, 2.75) is 6.42 Å². The Bertz CT molecular complexity index is 184. The summed E-state index contributed by atoms with van der Waals surface area (Å²) >= 11 is 0. The van der Waals surface area contributed by atoms with Crippen LogP contribution in [0.5, 0.6) is 0 Å². The van der Waals surface area contributed by atoms with E-state index in [1.54, 1.807) is 6.20 Å². The number of aromatic nitrogens is 1. The molecule has 0 aliphatic rings. The molecule has 10 heavy (non-hydrogen) atoms. The van der Waals surface area contributed by atoms with E-state index in [0.717, 1.165) is 12.1 Å². The van der Waals surface area contributed by atoms with Crippen LogP contribution in [0.25, 0.3) is 0 Å². The Labute approximate surface area is 73.9 Å². The van der Waals surface area contributed by atoms with Crippen molar-refractivity contribution in [3.63, 3.8) is 0 Å². The average Bonchev–Trinajstić information content (AvgIpc) is 1.91. The van der Waals surface area contributed by atoms with Crippen LogP contribution in [-0.4, -0.2) is 4.98 Å². The minimum absolute atomic E-state index is 0. The van der Waals surface area contributed by atoms with Gasteiger partial charge >= 0.3 is 0 Å². The van der Waals surface area contributed by atoms with Gasteiger partial charge in [-0.2, -0.15) is 0 Å². The Balaban J connectivity index is 0.000000810. The first-order valence-corrected chi connectivity index (χ1v) is 2.94. The molecule has 0 radical (unpaired) electrons. The summed E-state index contributed by atoms with van der Waals surface area (Å²) in [7, 11) is 0. The third-order valence-electron chi connectivity index (χ3n) is 1.08. The number of hydrogen-bond acceptors (Lipinski definition) is 1. The molecule has 0 saturated carbocycles. The van der Waals surface area contributed by atoms with Crippen LogP contribution >= 0.6 is 0 Å². The molecule has 1 aromatic heterocycles. The molecular weight excluding hydrogens is 211 g/mol. The maximum atomic E-state index is 4.10. The zero-order chi connectivity index (χ0) is 6.53. The van der Waals surface area contributed by atoms with Gasteiger partial charge in [-0.25, -0.2) is 0 Å². The van der Waals surface area contributed by atoms with Gasteiger partial charge in [-0.1, -0.05) is 12.1 Å². The van der Waals surface area contributed by atoms with Crippen LogP contribution in [0, 0.1) is 0 Å². The maximum Gasteiger partial charge on any atom is 0.0441 e. The summed E-state index contributed by atoms with van der Waals surface area (Å²) in [5, 5.41) is 0. The van der Waals surface area contributed by atoms with Gasteiger partial charge in [0.05, 0.1) is 0 Å². The molecule has 0 atom stereocenters. The third kappa shape index (κ3) is 2.88. The van der Waals surface area contributed by atoms with Crippen LogP contribution in [0.3, 0.4) is 0 Å². The van der Waals surface area contributed by atoms with Gasteiger partial charge in [0.25, 0.3) is 0 Å².